The molecule has 0 saturated heterocycles. The molecule has 0 radical (unpaired) electrons. The van der Waals surface area contributed by atoms with E-state index in [4.69, 9.17) is 38.4 Å². The van der Waals surface area contributed by atoms with Crippen LogP contribution in [0, 0.1) is 0 Å². The molecule has 8 heteroatoms. The molecule has 3 N–H and O–H groups in total. The lowest BCUT2D eigenvalue weighted by Crippen LogP contribution is -2.29. The van der Waals surface area contributed by atoms with Gasteiger partial charge in [-0.15, -0.1) is 0 Å². The molecule has 0 amide bonds. The van der Waals surface area contributed by atoms with E-state index in [2.05, 4.69) is 22.2 Å². The van der Waals surface area contributed by atoms with Crippen LogP contribution < -0.4 is 20.5 Å². The Balaban J connectivity index is 1.73. The number of anilines is 1. The predicted octanol–water partition coefficient (Wildman–Crippen LogP) is 6.72. The third-order valence-corrected chi connectivity index (χ3v) is 6.39. The summed E-state index contributed by atoms with van der Waals surface area (Å²) in [5, 5.41) is 4.97. The van der Waals surface area contributed by atoms with E-state index < -0.39 is 0 Å². The topological polar surface area (TPSA) is 82.3 Å². The molecule has 0 aliphatic heterocycles. The van der Waals surface area contributed by atoms with Gasteiger partial charge in [-0.3, -0.25) is 0 Å². The van der Waals surface area contributed by atoms with Crippen LogP contribution in [-0.2, 0) is 0 Å². The smallest absolute Gasteiger partial charge is 0.223 e. The van der Waals surface area contributed by atoms with Crippen LogP contribution in [-0.4, -0.2) is 36.8 Å². The van der Waals surface area contributed by atoms with Crippen molar-refractivity contribution in [2.75, 3.05) is 26.1 Å². The second kappa shape index (κ2) is 12.3. The van der Waals surface area contributed by atoms with Crippen molar-refractivity contribution >= 4 is 40.1 Å². The highest BCUT2D eigenvalue weighted by Crippen LogP contribution is 2.46. The SMILES string of the molecule is CCCCCCC[C@H](N)CNc1ncc2cc(-c3c(Cl)c(OC)cc(OC)c3Cl)ccc2n1. The summed E-state index contributed by atoms with van der Waals surface area (Å²) in [7, 11) is 3.11. The van der Waals surface area contributed by atoms with Crippen molar-refractivity contribution in [3.8, 4) is 22.6 Å². The van der Waals surface area contributed by atoms with Gasteiger partial charge < -0.3 is 20.5 Å². The highest BCUT2D eigenvalue weighted by Gasteiger charge is 2.19. The summed E-state index contributed by atoms with van der Waals surface area (Å²) in [5.74, 6) is 1.55. The van der Waals surface area contributed by atoms with Gasteiger partial charge in [0.2, 0.25) is 5.95 Å². The van der Waals surface area contributed by atoms with Crippen molar-refractivity contribution in [3.63, 3.8) is 0 Å². The minimum absolute atomic E-state index is 0.0839. The molecule has 2 aromatic carbocycles. The van der Waals surface area contributed by atoms with E-state index in [1.54, 1.807) is 26.5 Å². The van der Waals surface area contributed by atoms with Crippen molar-refractivity contribution in [2.45, 2.75) is 51.5 Å². The first-order chi connectivity index (χ1) is 16.0. The van der Waals surface area contributed by atoms with Gasteiger partial charge in [-0.1, -0.05) is 68.3 Å². The lowest BCUT2D eigenvalue weighted by Gasteiger charge is -2.15. The number of rotatable bonds is 12. The number of hydrogen-bond donors (Lipinski definition) is 2. The van der Waals surface area contributed by atoms with Gasteiger partial charge in [0.25, 0.3) is 0 Å². The fraction of sp³-hybridized carbons (Fsp3) is 0.440. The van der Waals surface area contributed by atoms with Crippen LogP contribution >= 0.6 is 23.2 Å². The van der Waals surface area contributed by atoms with E-state index in [-0.39, 0.29) is 6.04 Å². The number of methoxy groups -OCH3 is 2. The number of unbranched alkanes of at least 4 members (excludes halogenated alkanes) is 4. The van der Waals surface area contributed by atoms with Gasteiger partial charge in [-0.25, -0.2) is 9.97 Å². The zero-order valence-corrected chi connectivity index (χ0v) is 21.0. The fourth-order valence-corrected chi connectivity index (χ4v) is 4.47. The Morgan fingerprint density at radius 2 is 1.70 bits per heavy atom. The maximum absolute atomic E-state index is 6.57. The van der Waals surface area contributed by atoms with Gasteiger partial charge in [-0.05, 0) is 24.1 Å². The third kappa shape index (κ3) is 6.40. The average molecular weight is 491 g/mol. The Hall–Kier alpha value is -2.28. The molecular weight excluding hydrogens is 459 g/mol. The van der Waals surface area contributed by atoms with Gasteiger partial charge in [0.05, 0.1) is 29.8 Å². The zero-order chi connectivity index (χ0) is 23.8. The van der Waals surface area contributed by atoms with Crippen LogP contribution in [0.3, 0.4) is 0 Å². The second-order valence-corrected chi connectivity index (χ2v) is 8.85. The highest BCUT2D eigenvalue weighted by molar-refractivity contribution is 6.41. The molecule has 6 nitrogen and oxygen atoms in total. The van der Waals surface area contributed by atoms with Gasteiger partial charge >= 0.3 is 0 Å². The summed E-state index contributed by atoms with van der Waals surface area (Å²) in [4.78, 5) is 9.08. The minimum Gasteiger partial charge on any atom is -0.495 e. The molecule has 0 unspecified atom stereocenters. The molecule has 1 atom stereocenters. The standard InChI is InChI=1S/C25H32Cl2N4O2/c1-4-5-6-7-8-9-18(28)15-30-25-29-14-17-12-16(10-11-19(17)31-25)22-23(26)20(32-2)13-21(33-3)24(22)27/h10-14,18H,4-9,15,28H2,1-3H3,(H,29,30,31)/t18-/m0/s1. The monoisotopic (exact) mass is 490 g/mol. The molecule has 0 spiro atoms. The van der Waals surface area contributed by atoms with E-state index in [1.165, 1.54) is 25.7 Å². The number of nitrogens with zero attached hydrogens (tertiary/aromatic N) is 2. The quantitative estimate of drug-likeness (QED) is 0.274. The largest absolute Gasteiger partial charge is 0.495 e. The molecule has 178 valence electrons. The van der Waals surface area contributed by atoms with Gasteiger partial charge in [0, 0.05) is 35.8 Å². The summed E-state index contributed by atoms with van der Waals surface area (Å²) in [6.45, 7) is 2.87. The van der Waals surface area contributed by atoms with Crippen molar-refractivity contribution in [3.05, 3.63) is 40.5 Å². The Bertz CT molecular complexity index is 1050. The maximum atomic E-state index is 6.57. The lowest BCUT2D eigenvalue weighted by atomic mass is 10.0. The molecule has 33 heavy (non-hydrogen) atoms. The number of nitrogens with two attached hydrogens (primary N) is 1. The summed E-state index contributed by atoms with van der Waals surface area (Å²) < 4.78 is 10.8. The molecule has 3 rings (SSSR count). The van der Waals surface area contributed by atoms with Crippen molar-refractivity contribution in [1.82, 2.24) is 9.97 Å². The summed E-state index contributed by atoms with van der Waals surface area (Å²) in [6, 6.07) is 7.55. The van der Waals surface area contributed by atoms with Crippen LogP contribution in [0.4, 0.5) is 5.95 Å². The number of halogens is 2. The lowest BCUT2D eigenvalue weighted by molar-refractivity contribution is 0.395. The second-order valence-electron chi connectivity index (χ2n) is 8.10. The fourth-order valence-electron chi connectivity index (χ4n) is 3.75. The van der Waals surface area contributed by atoms with Crippen molar-refractivity contribution < 1.29 is 9.47 Å². The van der Waals surface area contributed by atoms with E-state index in [0.717, 1.165) is 29.3 Å². The van der Waals surface area contributed by atoms with Crippen LogP contribution in [0.15, 0.2) is 30.5 Å². The first-order valence-corrected chi connectivity index (χ1v) is 12.1. The minimum atomic E-state index is 0.0839. The van der Waals surface area contributed by atoms with Crippen molar-refractivity contribution in [1.29, 1.82) is 0 Å². The maximum Gasteiger partial charge on any atom is 0.223 e. The molecular formula is C25H32Cl2N4O2. The first-order valence-electron chi connectivity index (χ1n) is 11.3. The van der Waals surface area contributed by atoms with E-state index in [1.807, 2.05) is 18.2 Å². The van der Waals surface area contributed by atoms with Crippen molar-refractivity contribution in [2.24, 2.45) is 5.73 Å². The summed E-state index contributed by atoms with van der Waals surface area (Å²) in [5.41, 5.74) is 8.52. The Labute approximate surface area is 205 Å². The number of benzene rings is 2. The third-order valence-electron chi connectivity index (χ3n) is 5.64. The van der Waals surface area contributed by atoms with Crippen LogP contribution in [0.1, 0.15) is 45.4 Å². The van der Waals surface area contributed by atoms with Gasteiger partial charge in [0.1, 0.15) is 11.5 Å². The number of aromatic nitrogens is 2. The zero-order valence-electron chi connectivity index (χ0n) is 19.5. The van der Waals surface area contributed by atoms with E-state index in [0.29, 0.717) is 39.6 Å². The van der Waals surface area contributed by atoms with E-state index >= 15 is 0 Å². The number of hydrogen-bond acceptors (Lipinski definition) is 6. The average Bonchev–Trinajstić information content (AvgIpc) is 2.82. The molecule has 0 fully saturated rings. The van der Waals surface area contributed by atoms with Crippen LogP contribution in [0.25, 0.3) is 22.0 Å². The molecule has 1 aromatic heterocycles. The summed E-state index contributed by atoms with van der Waals surface area (Å²) in [6.07, 6.45) is 9.01. The first kappa shape index (κ1) is 25.3. The molecule has 1 heterocycles. The summed E-state index contributed by atoms with van der Waals surface area (Å²) >= 11 is 13.1. The molecule has 0 aliphatic carbocycles. The Kier molecular flexibility index (Phi) is 9.41. The number of ether oxygens (including phenoxy) is 2. The number of fused-ring (bicyclic) bond motifs is 1. The predicted molar refractivity (Wildman–Crippen MR) is 138 cm³/mol. The van der Waals surface area contributed by atoms with Gasteiger partial charge in [0.15, 0.2) is 0 Å². The Morgan fingerprint density at radius 3 is 2.36 bits per heavy atom. The molecule has 3 aromatic rings. The van der Waals surface area contributed by atoms with Crippen LogP contribution in [0.5, 0.6) is 11.5 Å². The van der Waals surface area contributed by atoms with Gasteiger partial charge in [-0.2, -0.15) is 0 Å². The Morgan fingerprint density at radius 1 is 1.00 bits per heavy atom. The molecule has 0 bridgehead atoms. The molecule has 0 aliphatic rings. The molecule has 0 saturated carbocycles. The van der Waals surface area contributed by atoms with Crippen LogP contribution in [0.2, 0.25) is 10.0 Å². The number of nitrogens with one attached hydrogen (secondary N) is 1. The highest BCUT2D eigenvalue weighted by atomic mass is 35.5. The normalized spacial score (nSPS) is 12.1. The van der Waals surface area contributed by atoms with E-state index in [9.17, 15) is 0 Å².